The van der Waals surface area contributed by atoms with Gasteiger partial charge in [0.15, 0.2) is 0 Å². The van der Waals surface area contributed by atoms with Crippen molar-refractivity contribution in [3.05, 3.63) is 74.7 Å². The van der Waals surface area contributed by atoms with Crippen LogP contribution in [0.4, 0.5) is 5.69 Å². The van der Waals surface area contributed by atoms with Crippen LogP contribution >= 0.6 is 22.9 Å². The van der Waals surface area contributed by atoms with Crippen molar-refractivity contribution in [1.29, 1.82) is 0 Å². The molecule has 1 aromatic heterocycles. The summed E-state index contributed by atoms with van der Waals surface area (Å²) in [6.07, 6.45) is 1.70. The first-order valence-corrected chi connectivity index (χ1v) is 13.4. The number of carbonyl (C=O) groups is 3. The lowest BCUT2D eigenvalue weighted by atomic mass is 10.1. The molecule has 0 spiro atoms. The number of benzene rings is 2. The van der Waals surface area contributed by atoms with Gasteiger partial charge in [0.2, 0.25) is 16.8 Å². The van der Waals surface area contributed by atoms with E-state index in [1.807, 2.05) is 48.5 Å². The minimum Gasteiger partial charge on any atom is -0.354 e. The van der Waals surface area contributed by atoms with Gasteiger partial charge < -0.3 is 15.5 Å². The quantitative estimate of drug-likeness (QED) is 0.456. The number of aromatic nitrogens is 2. The van der Waals surface area contributed by atoms with E-state index >= 15 is 0 Å². The second-order valence-electron chi connectivity index (χ2n) is 9.23. The molecule has 2 N–H and O–H groups in total. The smallest absolute Gasteiger partial charge is 0.282 e. The number of hydrogen-bond acceptors (Lipinski definition) is 7. The number of anilines is 1. The maximum absolute atomic E-state index is 12.8. The van der Waals surface area contributed by atoms with Crippen molar-refractivity contribution in [1.82, 2.24) is 25.7 Å². The van der Waals surface area contributed by atoms with Gasteiger partial charge in [-0.1, -0.05) is 47.2 Å². The lowest BCUT2D eigenvalue weighted by molar-refractivity contribution is -0.124. The predicted octanol–water partition coefficient (Wildman–Crippen LogP) is 2.44. The summed E-state index contributed by atoms with van der Waals surface area (Å²) in [5.41, 5.74) is 3.02. The Morgan fingerprint density at radius 1 is 1.05 bits per heavy atom. The molecule has 37 heavy (non-hydrogen) atoms. The van der Waals surface area contributed by atoms with E-state index < -0.39 is 0 Å². The molecule has 2 fully saturated rings. The Balaban J connectivity index is 1.12. The maximum atomic E-state index is 12.8. The Bertz CT molecular complexity index is 1280. The largest absolute Gasteiger partial charge is 0.354 e. The first-order chi connectivity index (χ1) is 17.9. The summed E-state index contributed by atoms with van der Waals surface area (Å²) in [7, 11) is 0. The van der Waals surface area contributed by atoms with E-state index in [4.69, 9.17) is 11.6 Å². The van der Waals surface area contributed by atoms with Crippen LogP contribution in [0.5, 0.6) is 0 Å². The van der Waals surface area contributed by atoms with Gasteiger partial charge in [0.05, 0.1) is 12.6 Å². The van der Waals surface area contributed by atoms with E-state index in [1.165, 1.54) is 11.3 Å². The molecule has 2 aromatic carbocycles. The molecule has 5 rings (SSSR count). The van der Waals surface area contributed by atoms with Gasteiger partial charge in [-0.05, 0) is 41.8 Å². The third-order valence-electron chi connectivity index (χ3n) is 6.43. The van der Waals surface area contributed by atoms with Gasteiger partial charge in [-0.2, -0.15) is 0 Å². The Labute approximate surface area is 223 Å². The minimum atomic E-state index is -0.309. The SMILES string of the molecule is O=C1CN(Cc2ccc(N3C[C@H](NC(=O)c4nnc(CCc5ccc(Cl)cc5)s4)CC3=O)cc2)CCN1. The summed E-state index contributed by atoms with van der Waals surface area (Å²) in [5, 5.41) is 15.8. The third-order valence-corrected chi connectivity index (χ3v) is 7.67. The van der Waals surface area contributed by atoms with Crippen molar-refractivity contribution in [2.45, 2.75) is 31.8 Å². The van der Waals surface area contributed by atoms with Crippen molar-refractivity contribution in [3.8, 4) is 0 Å². The number of rotatable bonds is 8. The normalized spacial score (nSPS) is 18.2. The van der Waals surface area contributed by atoms with E-state index in [-0.39, 0.29) is 30.2 Å². The highest BCUT2D eigenvalue weighted by Crippen LogP contribution is 2.23. The number of nitrogens with one attached hydrogen (secondary N) is 2. The molecule has 0 radical (unpaired) electrons. The zero-order valence-electron chi connectivity index (χ0n) is 20.2. The summed E-state index contributed by atoms with van der Waals surface area (Å²) in [6, 6.07) is 15.2. The molecule has 11 heteroatoms. The summed E-state index contributed by atoms with van der Waals surface area (Å²) in [6.45, 7) is 2.96. The molecule has 2 aliphatic heterocycles. The molecule has 0 saturated carbocycles. The monoisotopic (exact) mass is 538 g/mol. The van der Waals surface area contributed by atoms with Crippen molar-refractivity contribution in [2.75, 3.05) is 31.1 Å². The highest BCUT2D eigenvalue weighted by atomic mass is 35.5. The number of nitrogens with zero attached hydrogens (tertiary/aromatic N) is 4. The van der Waals surface area contributed by atoms with E-state index in [9.17, 15) is 14.4 Å². The second-order valence-corrected chi connectivity index (χ2v) is 10.7. The number of aryl methyl sites for hydroxylation is 2. The van der Waals surface area contributed by atoms with E-state index in [0.717, 1.165) is 34.8 Å². The molecule has 3 aromatic rings. The molecular formula is C26H27ClN6O3S. The molecule has 9 nitrogen and oxygen atoms in total. The van der Waals surface area contributed by atoms with Crippen molar-refractivity contribution in [3.63, 3.8) is 0 Å². The zero-order chi connectivity index (χ0) is 25.8. The van der Waals surface area contributed by atoms with Gasteiger partial charge in [0.25, 0.3) is 5.91 Å². The van der Waals surface area contributed by atoms with Crippen LogP contribution in [0.3, 0.4) is 0 Å². The van der Waals surface area contributed by atoms with Gasteiger partial charge in [0.1, 0.15) is 5.01 Å². The van der Waals surface area contributed by atoms with Gasteiger partial charge in [-0.3, -0.25) is 19.3 Å². The minimum absolute atomic E-state index is 0.0355. The average Bonchev–Trinajstić information content (AvgIpc) is 3.51. The summed E-state index contributed by atoms with van der Waals surface area (Å²) in [5.74, 6) is -0.302. The van der Waals surface area contributed by atoms with Crippen molar-refractivity contribution >= 4 is 46.3 Å². The Hall–Kier alpha value is -3.34. The number of halogens is 1. The summed E-state index contributed by atoms with van der Waals surface area (Å²) in [4.78, 5) is 40.8. The summed E-state index contributed by atoms with van der Waals surface area (Å²) < 4.78 is 0. The second kappa shape index (κ2) is 11.4. The molecule has 0 bridgehead atoms. The van der Waals surface area contributed by atoms with Gasteiger partial charge in [-0.25, -0.2) is 0 Å². The molecule has 2 aliphatic rings. The number of hydrogen-bond donors (Lipinski definition) is 2. The van der Waals surface area contributed by atoms with Crippen LogP contribution in [0.15, 0.2) is 48.5 Å². The van der Waals surface area contributed by atoms with Crippen LogP contribution < -0.4 is 15.5 Å². The van der Waals surface area contributed by atoms with Gasteiger partial charge in [0, 0.05) is 49.7 Å². The van der Waals surface area contributed by atoms with Crippen LogP contribution in [0.1, 0.15) is 32.4 Å². The zero-order valence-corrected chi connectivity index (χ0v) is 21.7. The molecular weight excluding hydrogens is 512 g/mol. The van der Waals surface area contributed by atoms with Crippen LogP contribution in [0, 0.1) is 0 Å². The molecule has 0 unspecified atom stereocenters. The van der Waals surface area contributed by atoms with Crippen LogP contribution in [-0.2, 0) is 29.0 Å². The number of piperazine rings is 1. The Kier molecular flexibility index (Phi) is 7.78. The third kappa shape index (κ3) is 6.51. The first kappa shape index (κ1) is 25.3. The Morgan fingerprint density at radius 2 is 1.81 bits per heavy atom. The van der Waals surface area contributed by atoms with E-state index in [1.54, 1.807) is 4.90 Å². The van der Waals surface area contributed by atoms with Gasteiger partial charge in [-0.15, -0.1) is 10.2 Å². The topological polar surface area (TPSA) is 108 Å². The fourth-order valence-electron chi connectivity index (χ4n) is 4.52. The van der Waals surface area contributed by atoms with E-state index in [0.29, 0.717) is 42.6 Å². The first-order valence-electron chi connectivity index (χ1n) is 12.2. The van der Waals surface area contributed by atoms with Crippen LogP contribution in [0.25, 0.3) is 0 Å². The summed E-state index contributed by atoms with van der Waals surface area (Å²) >= 11 is 7.20. The predicted molar refractivity (Wildman–Crippen MR) is 142 cm³/mol. The van der Waals surface area contributed by atoms with Crippen LogP contribution in [0.2, 0.25) is 5.02 Å². The van der Waals surface area contributed by atoms with Crippen molar-refractivity contribution < 1.29 is 14.4 Å². The highest BCUT2D eigenvalue weighted by Gasteiger charge is 2.32. The molecule has 0 aliphatic carbocycles. The molecule has 3 heterocycles. The molecule has 2 saturated heterocycles. The molecule has 3 amide bonds. The number of carbonyl (C=O) groups excluding carboxylic acids is 3. The molecule has 192 valence electrons. The van der Waals surface area contributed by atoms with E-state index in [2.05, 4.69) is 25.7 Å². The van der Waals surface area contributed by atoms with Gasteiger partial charge >= 0.3 is 0 Å². The maximum Gasteiger partial charge on any atom is 0.282 e. The lowest BCUT2D eigenvalue weighted by Gasteiger charge is -2.26. The van der Waals surface area contributed by atoms with Crippen LogP contribution in [-0.4, -0.2) is 65.0 Å². The number of amides is 3. The highest BCUT2D eigenvalue weighted by molar-refractivity contribution is 7.13. The average molecular weight is 539 g/mol. The molecule has 1 atom stereocenters. The van der Waals surface area contributed by atoms with Crippen molar-refractivity contribution in [2.24, 2.45) is 0 Å². The lowest BCUT2D eigenvalue weighted by Crippen LogP contribution is -2.47. The fraction of sp³-hybridized carbons (Fsp3) is 0.346. The Morgan fingerprint density at radius 3 is 2.57 bits per heavy atom. The standard InChI is InChI=1S/C26H27ClN6O3S/c27-19-6-1-17(2-7-19)5-10-23-30-31-26(37-23)25(36)29-20-13-24(35)33(15-20)21-8-3-18(4-9-21)14-32-12-11-28-22(34)16-32/h1-4,6-9,20H,5,10-16H2,(H,28,34)(H,29,36)/t20-/m1/s1. The fourth-order valence-corrected chi connectivity index (χ4v) is 5.38.